The highest BCUT2D eigenvalue weighted by atomic mass is 16.5. The van der Waals surface area contributed by atoms with E-state index in [0.717, 1.165) is 31.2 Å². The van der Waals surface area contributed by atoms with Crippen molar-refractivity contribution in [2.45, 2.75) is 51.0 Å². The highest BCUT2D eigenvalue weighted by molar-refractivity contribution is 5.01. The second kappa shape index (κ2) is 3.72. The smallest absolute Gasteiger partial charge is 0.0645 e. The molecule has 2 saturated heterocycles. The van der Waals surface area contributed by atoms with Gasteiger partial charge in [-0.05, 0) is 32.6 Å². The summed E-state index contributed by atoms with van der Waals surface area (Å²) in [5, 5.41) is 0. The van der Waals surface area contributed by atoms with Gasteiger partial charge < -0.3 is 9.47 Å². The fourth-order valence-corrected chi connectivity index (χ4v) is 3.32. The molecule has 3 aliphatic rings. The third kappa shape index (κ3) is 1.71. The molecule has 0 aromatic carbocycles. The molecule has 1 aliphatic carbocycles. The zero-order chi connectivity index (χ0) is 10.4. The van der Waals surface area contributed by atoms with Crippen molar-refractivity contribution in [1.29, 1.82) is 0 Å². The highest BCUT2D eigenvalue weighted by Crippen LogP contribution is 2.41. The first-order chi connectivity index (χ1) is 7.24. The van der Waals surface area contributed by atoms with Crippen LogP contribution in [0.3, 0.4) is 0 Å². The molecule has 2 heterocycles. The molecule has 0 amide bonds. The SMILES string of the molecule is CC(C)OC1CC2CC1CN2C1COC1. The lowest BCUT2D eigenvalue weighted by Gasteiger charge is -2.41. The number of rotatable bonds is 3. The Bertz CT molecular complexity index is 240. The lowest BCUT2D eigenvalue weighted by Crippen LogP contribution is -2.53. The van der Waals surface area contributed by atoms with Gasteiger partial charge in [-0.3, -0.25) is 4.90 Å². The summed E-state index contributed by atoms with van der Waals surface area (Å²) < 4.78 is 11.2. The van der Waals surface area contributed by atoms with Crippen LogP contribution in [0.15, 0.2) is 0 Å². The monoisotopic (exact) mass is 211 g/mol. The van der Waals surface area contributed by atoms with E-state index in [1.54, 1.807) is 0 Å². The maximum absolute atomic E-state index is 5.97. The quantitative estimate of drug-likeness (QED) is 0.702. The molecule has 2 bridgehead atoms. The van der Waals surface area contributed by atoms with Crippen molar-refractivity contribution < 1.29 is 9.47 Å². The topological polar surface area (TPSA) is 21.7 Å². The number of likely N-dealkylation sites (tertiary alicyclic amines) is 1. The van der Waals surface area contributed by atoms with E-state index in [1.807, 2.05) is 0 Å². The van der Waals surface area contributed by atoms with Crippen LogP contribution < -0.4 is 0 Å². The Morgan fingerprint density at radius 3 is 2.47 bits per heavy atom. The normalized spacial score (nSPS) is 41.4. The molecule has 1 saturated carbocycles. The van der Waals surface area contributed by atoms with Crippen molar-refractivity contribution in [2.75, 3.05) is 19.8 Å². The maximum Gasteiger partial charge on any atom is 0.0645 e. The van der Waals surface area contributed by atoms with E-state index in [1.165, 1.54) is 19.4 Å². The first kappa shape index (κ1) is 10.1. The average Bonchev–Trinajstić information content (AvgIpc) is 2.58. The third-order valence-electron chi connectivity index (χ3n) is 4.06. The number of hydrogen-bond acceptors (Lipinski definition) is 3. The first-order valence-electron chi connectivity index (χ1n) is 6.23. The van der Waals surface area contributed by atoms with Gasteiger partial charge in [0.05, 0.1) is 31.5 Å². The summed E-state index contributed by atoms with van der Waals surface area (Å²) in [6.07, 6.45) is 3.52. The Hall–Kier alpha value is -0.120. The van der Waals surface area contributed by atoms with Gasteiger partial charge in [-0.2, -0.15) is 0 Å². The van der Waals surface area contributed by atoms with Crippen LogP contribution in [-0.4, -0.2) is 49.0 Å². The van der Waals surface area contributed by atoms with Crippen molar-refractivity contribution in [2.24, 2.45) is 5.92 Å². The van der Waals surface area contributed by atoms with Gasteiger partial charge >= 0.3 is 0 Å². The standard InChI is InChI=1S/C12H21NO2/c1-8(2)15-12-4-10-3-9(12)5-13(10)11-6-14-7-11/h8-12H,3-7H2,1-2H3. The third-order valence-corrected chi connectivity index (χ3v) is 4.06. The number of hydrogen-bond donors (Lipinski definition) is 0. The summed E-state index contributed by atoms with van der Waals surface area (Å²) in [6, 6.07) is 1.51. The molecule has 0 radical (unpaired) electrons. The van der Waals surface area contributed by atoms with E-state index in [-0.39, 0.29) is 0 Å². The lowest BCUT2D eigenvalue weighted by atomic mass is 10.0. The maximum atomic E-state index is 5.97. The highest BCUT2D eigenvalue weighted by Gasteiger charge is 2.48. The Kier molecular flexibility index (Phi) is 2.49. The Morgan fingerprint density at radius 2 is 2.00 bits per heavy atom. The van der Waals surface area contributed by atoms with Crippen molar-refractivity contribution in [3.05, 3.63) is 0 Å². The summed E-state index contributed by atoms with van der Waals surface area (Å²) in [6.45, 7) is 7.45. The molecule has 15 heavy (non-hydrogen) atoms. The van der Waals surface area contributed by atoms with Gasteiger partial charge in [0.15, 0.2) is 0 Å². The van der Waals surface area contributed by atoms with Gasteiger partial charge in [0.1, 0.15) is 0 Å². The molecule has 3 nitrogen and oxygen atoms in total. The van der Waals surface area contributed by atoms with Crippen LogP contribution in [-0.2, 0) is 9.47 Å². The summed E-state index contributed by atoms with van der Waals surface area (Å²) in [5.41, 5.74) is 0. The second-order valence-electron chi connectivity index (χ2n) is 5.50. The van der Waals surface area contributed by atoms with Crippen LogP contribution in [0.25, 0.3) is 0 Å². The van der Waals surface area contributed by atoms with Gasteiger partial charge in [-0.15, -0.1) is 0 Å². The zero-order valence-electron chi connectivity index (χ0n) is 9.69. The molecule has 0 N–H and O–H groups in total. The molecular weight excluding hydrogens is 190 g/mol. The Balaban J connectivity index is 1.57. The van der Waals surface area contributed by atoms with Crippen molar-refractivity contribution in [3.8, 4) is 0 Å². The zero-order valence-corrected chi connectivity index (χ0v) is 9.69. The van der Waals surface area contributed by atoms with Crippen molar-refractivity contribution >= 4 is 0 Å². The van der Waals surface area contributed by atoms with E-state index >= 15 is 0 Å². The molecule has 0 aromatic heterocycles. The van der Waals surface area contributed by atoms with Crippen molar-refractivity contribution in [3.63, 3.8) is 0 Å². The predicted molar refractivity (Wildman–Crippen MR) is 57.8 cm³/mol. The molecule has 3 fully saturated rings. The van der Waals surface area contributed by atoms with Crippen LogP contribution >= 0.6 is 0 Å². The summed E-state index contributed by atoms with van der Waals surface area (Å²) in [4.78, 5) is 2.66. The van der Waals surface area contributed by atoms with Gasteiger partial charge in [-0.1, -0.05) is 0 Å². The minimum absolute atomic E-state index is 0.384. The number of fused-ring (bicyclic) bond motifs is 2. The summed E-state index contributed by atoms with van der Waals surface area (Å²) in [7, 11) is 0. The van der Waals surface area contributed by atoms with Crippen LogP contribution in [0, 0.1) is 5.92 Å². The fraction of sp³-hybridized carbons (Fsp3) is 1.00. The molecule has 0 aromatic rings. The lowest BCUT2D eigenvalue weighted by molar-refractivity contribution is -0.0957. The molecule has 3 unspecified atom stereocenters. The molecule has 3 rings (SSSR count). The van der Waals surface area contributed by atoms with Crippen LogP contribution in [0.2, 0.25) is 0 Å². The van der Waals surface area contributed by atoms with Gasteiger partial charge in [-0.25, -0.2) is 0 Å². The van der Waals surface area contributed by atoms with Crippen LogP contribution in [0.4, 0.5) is 0 Å². The predicted octanol–water partition coefficient (Wildman–Crippen LogP) is 1.27. The van der Waals surface area contributed by atoms with E-state index in [2.05, 4.69) is 18.7 Å². The van der Waals surface area contributed by atoms with Crippen molar-refractivity contribution in [1.82, 2.24) is 4.90 Å². The van der Waals surface area contributed by atoms with E-state index in [4.69, 9.17) is 9.47 Å². The van der Waals surface area contributed by atoms with Crippen LogP contribution in [0.5, 0.6) is 0 Å². The molecule has 0 spiro atoms. The Morgan fingerprint density at radius 1 is 1.20 bits per heavy atom. The average molecular weight is 211 g/mol. The van der Waals surface area contributed by atoms with Gasteiger partial charge in [0.2, 0.25) is 0 Å². The molecule has 86 valence electrons. The molecule has 3 atom stereocenters. The first-order valence-corrected chi connectivity index (χ1v) is 6.23. The van der Waals surface area contributed by atoms with E-state index in [9.17, 15) is 0 Å². The molecule has 2 aliphatic heterocycles. The molecule has 3 heteroatoms. The van der Waals surface area contributed by atoms with Gasteiger partial charge in [0, 0.05) is 12.6 Å². The second-order valence-corrected chi connectivity index (χ2v) is 5.50. The van der Waals surface area contributed by atoms with E-state index < -0.39 is 0 Å². The van der Waals surface area contributed by atoms with Gasteiger partial charge in [0.25, 0.3) is 0 Å². The summed E-state index contributed by atoms with van der Waals surface area (Å²) in [5.74, 6) is 0.790. The number of ether oxygens (including phenoxy) is 2. The Labute approximate surface area is 91.7 Å². The number of nitrogens with zero attached hydrogens (tertiary/aromatic N) is 1. The summed E-state index contributed by atoms with van der Waals surface area (Å²) >= 11 is 0. The minimum Gasteiger partial charge on any atom is -0.378 e. The van der Waals surface area contributed by atoms with Crippen LogP contribution in [0.1, 0.15) is 26.7 Å². The minimum atomic E-state index is 0.384. The van der Waals surface area contributed by atoms with E-state index in [0.29, 0.717) is 12.2 Å². The number of piperidine rings is 1. The fourth-order valence-electron chi connectivity index (χ4n) is 3.32. The molecular formula is C12H21NO2. The largest absolute Gasteiger partial charge is 0.378 e.